The highest BCUT2D eigenvalue weighted by molar-refractivity contribution is 5.98. The molecule has 3 rings (SSSR count). The second-order valence-corrected chi connectivity index (χ2v) is 5.88. The van der Waals surface area contributed by atoms with Gasteiger partial charge in [0.05, 0.1) is 0 Å². The summed E-state index contributed by atoms with van der Waals surface area (Å²) in [5.74, 6) is 2.19. The molecule has 2 saturated carbocycles. The van der Waals surface area contributed by atoms with Gasteiger partial charge < -0.3 is 5.73 Å². The number of hydrogen-bond donors (Lipinski definition) is 1. The van der Waals surface area contributed by atoms with Crippen LogP contribution in [0.15, 0.2) is 24.3 Å². The predicted octanol–water partition coefficient (Wildman–Crippen LogP) is 2.81. The van der Waals surface area contributed by atoms with Crippen molar-refractivity contribution in [1.82, 2.24) is 0 Å². The number of ketones is 1. The van der Waals surface area contributed by atoms with E-state index in [1.807, 2.05) is 24.3 Å². The minimum absolute atomic E-state index is 0.309. The molecule has 3 atom stereocenters. The van der Waals surface area contributed by atoms with Crippen LogP contribution in [0.1, 0.15) is 41.6 Å². The molecule has 2 N–H and O–H groups in total. The van der Waals surface area contributed by atoms with E-state index in [1.165, 1.54) is 24.8 Å². The maximum atomic E-state index is 12.5. The van der Waals surface area contributed by atoms with Crippen LogP contribution in [0, 0.1) is 17.8 Å². The first-order chi connectivity index (χ1) is 8.78. The Morgan fingerprint density at radius 3 is 2.50 bits per heavy atom. The Bertz CT molecular complexity index is 437. The molecule has 0 heterocycles. The van der Waals surface area contributed by atoms with E-state index in [4.69, 9.17) is 5.73 Å². The molecule has 0 aromatic heterocycles. The topological polar surface area (TPSA) is 43.1 Å². The van der Waals surface area contributed by atoms with Crippen LogP contribution in [0.3, 0.4) is 0 Å². The summed E-state index contributed by atoms with van der Waals surface area (Å²) >= 11 is 0. The molecular formula is C16H21NO. The van der Waals surface area contributed by atoms with E-state index >= 15 is 0 Å². The van der Waals surface area contributed by atoms with E-state index < -0.39 is 0 Å². The molecule has 96 valence electrons. The molecule has 18 heavy (non-hydrogen) atoms. The molecule has 2 aliphatic carbocycles. The predicted molar refractivity (Wildman–Crippen MR) is 72.5 cm³/mol. The average Bonchev–Trinajstić information content (AvgIpc) is 3.01. The van der Waals surface area contributed by atoms with Crippen molar-refractivity contribution in [1.29, 1.82) is 0 Å². The Morgan fingerprint density at radius 2 is 1.94 bits per heavy atom. The normalized spacial score (nSPS) is 29.7. The molecule has 0 amide bonds. The summed E-state index contributed by atoms with van der Waals surface area (Å²) in [6.07, 6.45) is 5.94. The van der Waals surface area contributed by atoms with Crippen LogP contribution in [0.4, 0.5) is 0 Å². The van der Waals surface area contributed by atoms with Crippen LogP contribution in [0.2, 0.25) is 0 Å². The summed E-state index contributed by atoms with van der Waals surface area (Å²) < 4.78 is 0. The number of rotatable bonds is 4. The van der Waals surface area contributed by atoms with Gasteiger partial charge in [-0.3, -0.25) is 4.79 Å². The zero-order valence-corrected chi connectivity index (χ0v) is 10.8. The van der Waals surface area contributed by atoms with E-state index in [0.717, 1.165) is 24.3 Å². The summed E-state index contributed by atoms with van der Waals surface area (Å²) in [6, 6.07) is 8.07. The number of nitrogens with two attached hydrogens (primary N) is 1. The van der Waals surface area contributed by atoms with Gasteiger partial charge in [-0.25, -0.2) is 0 Å². The molecule has 3 unspecified atom stereocenters. The summed E-state index contributed by atoms with van der Waals surface area (Å²) in [6.45, 7) is 0.666. The average molecular weight is 243 g/mol. The minimum atomic E-state index is 0.309. The lowest BCUT2D eigenvalue weighted by atomic mass is 9.83. The van der Waals surface area contributed by atoms with Crippen LogP contribution in [-0.2, 0) is 6.42 Å². The van der Waals surface area contributed by atoms with Gasteiger partial charge in [0, 0.05) is 11.5 Å². The number of fused-ring (bicyclic) bond motifs is 2. The highest BCUT2D eigenvalue weighted by Crippen LogP contribution is 2.49. The number of carbonyl (C=O) groups excluding carboxylic acids is 1. The van der Waals surface area contributed by atoms with Crippen LogP contribution in [0.25, 0.3) is 0 Å². The fourth-order valence-corrected chi connectivity index (χ4v) is 3.78. The van der Waals surface area contributed by atoms with Gasteiger partial charge in [-0.2, -0.15) is 0 Å². The molecule has 2 aliphatic rings. The van der Waals surface area contributed by atoms with Gasteiger partial charge in [0.1, 0.15) is 0 Å². The molecule has 1 aromatic carbocycles. The van der Waals surface area contributed by atoms with Crippen molar-refractivity contribution < 1.29 is 4.79 Å². The van der Waals surface area contributed by atoms with Gasteiger partial charge in [-0.05, 0) is 49.6 Å². The monoisotopic (exact) mass is 243 g/mol. The fraction of sp³-hybridized carbons (Fsp3) is 0.562. The Hall–Kier alpha value is -1.15. The lowest BCUT2D eigenvalue weighted by Crippen LogP contribution is -2.21. The summed E-state index contributed by atoms with van der Waals surface area (Å²) in [5, 5.41) is 0. The Balaban J connectivity index is 1.72. The molecule has 1 aromatic rings. The highest BCUT2D eigenvalue weighted by atomic mass is 16.1. The van der Waals surface area contributed by atoms with Crippen molar-refractivity contribution in [2.24, 2.45) is 23.5 Å². The third-order valence-corrected chi connectivity index (χ3v) is 4.75. The van der Waals surface area contributed by atoms with Gasteiger partial charge in [0.15, 0.2) is 5.78 Å². The Kier molecular flexibility index (Phi) is 3.21. The van der Waals surface area contributed by atoms with Crippen molar-refractivity contribution in [3.63, 3.8) is 0 Å². The fourth-order valence-electron chi connectivity index (χ4n) is 3.78. The second-order valence-electron chi connectivity index (χ2n) is 5.88. The molecule has 2 bridgehead atoms. The van der Waals surface area contributed by atoms with Crippen molar-refractivity contribution in [2.75, 3.05) is 6.54 Å². The molecule has 0 saturated heterocycles. The van der Waals surface area contributed by atoms with Gasteiger partial charge in [-0.15, -0.1) is 0 Å². The molecule has 0 spiro atoms. The molecule has 2 fully saturated rings. The highest BCUT2D eigenvalue weighted by Gasteiger charge is 2.42. The summed E-state index contributed by atoms with van der Waals surface area (Å²) in [4.78, 5) is 12.5. The van der Waals surface area contributed by atoms with Crippen molar-refractivity contribution in [3.05, 3.63) is 35.4 Å². The van der Waals surface area contributed by atoms with Gasteiger partial charge in [0.25, 0.3) is 0 Å². The molecule has 0 radical (unpaired) electrons. The van der Waals surface area contributed by atoms with Crippen LogP contribution < -0.4 is 5.73 Å². The first kappa shape index (κ1) is 11.9. The van der Waals surface area contributed by atoms with E-state index in [9.17, 15) is 4.79 Å². The zero-order valence-electron chi connectivity index (χ0n) is 10.8. The first-order valence-corrected chi connectivity index (χ1v) is 7.11. The third kappa shape index (κ3) is 2.10. The van der Waals surface area contributed by atoms with Crippen LogP contribution in [-0.4, -0.2) is 12.3 Å². The first-order valence-electron chi connectivity index (χ1n) is 7.11. The lowest BCUT2D eigenvalue weighted by Gasteiger charge is -2.20. The van der Waals surface area contributed by atoms with Crippen LogP contribution in [0.5, 0.6) is 0 Å². The van der Waals surface area contributed by atoms with Crippen molar-refractivity contribution in [2.45, 2.75) is 32.1 Å². The number of hydrogen-bond acceptors (Lipinski definition) is 2. The lowest BCUT2D eigenvalue weighted by molar-refractivity contribution is 0.0875. The Labute approximate surface area is 109 Å². The van der Waals surface area contributed by atoms with E-state index in [2.05, 4.69) is 0 Å². The van der Waals surface area contributed by atoms with Gasteiger partial charge in [0.2, 0.25) is 0 Å². The largest absolute Gasteiger partial charge is 0.330 e. The van der Waals surface area contributed by atoms with Gasteiger partial charge in [-0.1, -0.05) is 30.7 Å². The SMILES string of the molecule is NCCc1ccc(C(=O)C2CC3CCC2C3)cc1. The smallest absolute Gasteiger partial charge is 0.166 e. The van der Waals surface area contributed by atoms with Crippen molar-refractivity contribution >= 4 is 5.78 Å². The van der Waals surface area contributed by atoms with Crippen LogP contribution >= 0.6 is 0 Å². The quantitative estimate of drug-likeness (QED) is 0.826. The van der Waals surface area contributed by atoms with E-state index in [1.54, 1.807) is 0 Å². The van der Waals surface area contributed by atoms with Crippen molar-refractivity contribution in [3.8, 4) is 0 Å². The minimum Gasteiger partial charge on any atom is -0.330 e. The third-order valence-electron chi connectivity index (χ3n) is 4.75. The Morgan fingerprint density at radius 1 is 1.17 bits per heavy atom. The summed E-state index contributed by atoms with van der Waals surface area (Å²) in [5.41, 5.74) is 7.65. The maximum Gasteiger partial charge on any atom is 0.166 e. The van der Waals surface area contributed by atoms with E-state index in [0.29, 0.717) is 24.2 Å². The number of carbonyl (C=O) groups is 1. The van der Waals surface area contributed by atoms with E-state index in [-0.39, 0.29) is 0 Å². The van der Waals surface area contributed by atoms with Gasteiger partial charge >= 0.3 is 0 Å². The summed E-state index contributed by atoms with van der Waals surface area (Å²) in [7, 11) is 0. The zero-order chi connectivity index (χ0) is 12.5. The second kappa shape index (κ2) is 4.85. The molecule has 2 nitrogen and oxygen atoms in total. The standard InChI is InChI=1S/C16H21NO/c17-8-7-11-1-4-13(5-2-11)16(18)15-10-12-3-6-14(15)9-12/h1-2,4-5,12,14-15H,3,6-10,17H2. The number of benzene rings is 1. The molecule has 2 heteroatoms. The molecular weight excluding hydrogens is 222 g/mol. The number of Topliss-reactive ketones (excluding diaryl/α,β-unsaturated/α-hetero) is 1. The maximum absolute atomic E-state index is 12.5. The molecule has 0 aliphatic heterocycles.